The van der Waals surface area contributed by atoms with Gasteiger partial charge in [-0.1, -0.05) is 18.2 Å². The van der Waals surface area contributed by atoms with Gasteiger partial charge in [0.1, 0.15) is 0 Å². The van der Waals surface area contributed by atoms with Crippen LogP contribution in [0, 0.1) is 13.8 Å². The van der Waals surface area contributed by atoms with E-state index in [4.69, 9.17) is 0 Å². The lowest BCUT2D eigenvalue weighted by Gasteiger charge is -2.27. The van der Waals surface area contributed by atoms with E-state index in [9.17, 15) is 5.11 Å². The van der Waals surface area contributed by atoms with Crippen LogP contribution in [0.5, 0.6) is 0 Å². The summed E-state index contributed by atoms with van der Waals surface area (Å²) in [6.45, 7) is 7.99. The topological polar surface area (TPSA) is 57.1 Å². The van der Waals surface area contributed by atoms with Gasteiger partial charge in [-0.3, -0.25) is 9.58 Å². The Bertz CT molecular complexity index is 861. The number of aryl methyl sites for hydroxylation is 2. The molecule has 0 atom stereocenters. The smallest absolute Gasteiger partial charge is 0.0882 e. The lowest BCUT2D eigenvalue weighted by Crippen LogP contribution is -2.33. The van der Waals surface area contributed by atoms with E-state index in [0.29, 0.717) is 0 Å². The van der Waals surface area contributed by atoms with Crippen LogP contribution in [0.2, 0.25) is 0 Å². The minimum atomic E-state index is 0.0142. The van der Waals surface area contributed by atoms with Gasteiger partial charge in [-0.2, -0.15) is 5.10 Å². The maximum Gasteiger partial charge on any atom is 0.0882 e. The molecule has 0 saturated carbocycles. The van der Waals surface area contributed by atoms with Crippen molar-refractivity contribution in [2.24, 2.45) is 0 Å². The average Bonchev–Trinajstić information content (AvgIpc) is 3.10. The highest BCUT2D eigenvalue weighted by Crippen LogP contribution is 2.26. The zero-order valence-corrected chi connectivity index (χ0v) is 13.6. The van der Waals surface area contributed by atoms with Crippen molar-refractivity contribution in [1.82, 2.24) is 19.7 Å². The summed E-state index contributed by atoms with van der Waals surface area (Å²) in [7, 11) is 0. The van der Waals surface area contributed by atoms with E-state index < -0.39 is 0 Å². The van der Waals surface area contributed by atoms with Gasteiger partial charge in [0.25, 0.3) is 0 Å². The van der Waals surface area contributed by atoms with Crippen molar-refractivity contribution in [1.29, 1.82) is 0 Å². The number of aromatic amines is 1. The number of nitrogens with one attached hydrogen (secondary N) is 1. The first-order valence-corrected chi connectivity index (χ1v) is 8.11. The molecule has 1 aromatic carbocycles. The Hall–Kier alpha value is -2.11. The van der Waals surface area contributed by atoms with Gasteiger partial charge in [-0.25, -0.2) is 0 Å². The number of hydrogen-bond acceptors (Lipinski definition) is 3. The maximum atomic E-state index is 9.24. The number of rotatable bonds is 3. The molecule has 5 heteroatoms. The molecule has 0 spiro atoms. The Morgan fingerprint density at radius 1 is 1.26 bits per heavy atom. The highest BCUT2D eigenvalue weighted by atomic mass is 16.3. The van der Waals surface area contributed by atoms with Gasteiger partial charge < -0.3 is 10.1 Å². The Morgan fingerprint density at radius 3 is 2.96 bits per heavy atom. The van der Waals surface area contributed by atoms with Crippen LogP contribution in [0.1, 0.15) is 28.2 Å². The van der Waals surface area contributed by atoms with Crippen molar-refractivity contribution in [2.45, 2.75) is 40.1 Å². The van der Waals surface area contributed by atoms with E-state index in [2.05, 4.69) is 47.0 Å². The van der Waals surface area contributed by atoms with E-state index in [1.165, 1.54) is 33.4 Å². The fourth-order valence-electron chi connectivity index (χ4n) is 3.51. The molecule has 4 rings (SSSR count). The third kappa shape index (κ3) is 2.46. The summed E-state index contributed by atoms with van der Waals surface area (Å²) < 4.78 is 2.02. The standard InChI is InChI=1S/C18H22N4O/c1-12-13(2)19-18-14(4-3-5-17(12)18)9-21-6-7-22-16(10-21)8-15(11-23)20-22/h3-5,8,19,23H,6-7,9-11H2,1-2H3. The zero-order valence-electron chi connectivity index (χ0n) is 13.6. The third-order valence-corrected chi connectivity index (χ3v) is 4.91. The van der Waals surface area contributed by atoms with E-state index in [1.807, 2.05) is 10.7 Å². The van der Waals surface area contributed by atoms with E-state index in [1.54, 1.807) is 0 Å². The second-order valence-corrected chi connectivity index (χ2v) is 6.43. The molecule has 23 heavy (non-hydrogen) atoms. The highest BCUT2D eigenvalue weighted by Gasteiger charge is 2.19. The molecule has 0 bridgehead atoms. The number of nitrogens with zero attached hydrogens (tertiary/aromatic N) is 3. The summed E-state index contributed by atoms with van der Waals surface area (Å²) in [6, 6.07) is 8.56. The predicted molar refractivity (Wildman–Crippen MR) is 90.0 cm³/mol. The summed E-state index contributed by atoms with van der Waals surface area (Å²) in [5.74, 6) is 0. The first-order valence-electron chi connectivity index (χ1n) is 8.11. The van der Waals surface area contributed by atoms with Gasteiger partial charge in [-0.05, 0) is 31.0 Å². The first-order chi connectivity index (χ1) is 11.2. The number of H-pyrrole nitrogens is 1. The molecule has 2 aromatic heterocycles. The van der Waals surface area contributed by atoms with Crippen LogP contribution in [-0.2, 0) is 26.2 Å². The molecule has 2 N–H and O–H groups in total. The van der Waals surface area contributed by atoms with Crippen molar-refractivity contribution in [3.8, 4) is 0 Å². The second kappa shape index (κ2) is 5.51. The number of aromatic nitrogens is 3. The van der Waals surface area contributed by atoms with Gasteiger partial charge in [0.2, 0.25) is 0 Å². The summed E-state index contributed by atoms with van der Waals surface area (Å²) in [6.07, 6.45) is 0. The fourth-order valence-corrected chi connectivity index (χ4v) is 3.51. The SMILES string of the molecule is Cc1[nH]c2c(CN3CCn4nc(CO)cc4C3)cccc2c1C. The van der Waals surface area contributed by atoms with E-state index in [-0.39, 0.29) is 6.61 Å². The molecule has 0 fully saturated rings. The van der Waals surface area contributed by atoms with Crippen LogP contribution in [0.15, 0.2) is 24.3 Å². The van der Waals surface area contributed by atoms with Crippen LogP contribution in [-0.4, -0.2) is 31.3 Å². The van der Waals surface area contributed by atoms with Crippen molar-refractivity contribution in [2.75, 3.05) is 6.54 Å². The van der Waals surface area contributed by atoms with E-state index >= 15 is 0 Å². The molecule has 1 aliphatic rings. The molecule has 3 heterocycles. The average molecular weight is 310 g/mol. The van der Waals surface area contributed by atoms with Gasteiger partial charge in [-0.15, -0.1) is 0 Å². The lowest BCUT2D eigenvalue weighted by atomic mass is 10.1. The molecule has 1 aliphatic heterocycles. The number of aliphatic hydroxyl groups excluding tert-OH is 1. The molecule has 0 radical (unpaired) electrons. The quantitative estimate of drug-likeness (QED) is 0.781. The summed E-state index contributed by atoms with van der Waals surface area (Å²) in [4.78, 5) is 5.98. The first kappa shape index (κ1) is 14.5. The summed E-state index contributed by atoms with van der Waals surface area (Å²) >= 11 is 0. The maximum absolute atomic E-state index is 9.24. The second-order valence-electron chi connectivity index (χ2n) is 6.43. The van der Waals surface area contributed by atoms with Gasteiger partial charge >= 0.3 is 0 Å². The van der Waals surface area contributed by atoms with Crippen LogP contribution < -0.4 is 0 Å². The van der Waals surface area contributed by atoms with Gasteiger partial charge in [0, 0.05) is 30.7 Å². The van der Waals surface area contributed by atoms with Gasteiger partial charge in [0.05, 0.1) is 30.1 Å². The van der Waals surface area contributed by atoms with Crippen LogP contribution in [0.4, 0.5) is 0 Å². The highest BCUT2D eigenvalue weighted by molar-refractivity contribution is 5.87. The minimum absolute atomic E-state index is 0.0142. The Labute approximate surface area is 135 Å². The monoisotopic (exact) mass is 310 g/mol. The Kier molecular flexibility index (Phi) is 3.47. The van der Waals surface area contributed by atoms with Gasteiger partial charge in [0.15, 0.2) is 0 Å². The molecule has 0 aliphatic carbocycles. The molecule has 0 amide bonds. The lowest BCUT2D eigenvalue weighted by molar-refractivity contribution is 0.205. The summed E-state index contributed by atoms with van der Waals surface area (Å²) in [5.41, 5.74) is 7.14. The Balaban J connectivity index is 1.60. The van der Waals surface area contributed by atoms with Crippen LogP contribution >= 0.6 is 0 Å². The summed E-state index contributed by atoms with van der Waals surface area (Å²) in [5, 5.41) is 15.0. The largest absolute Gasteiger partial charge is 0.390 e. The number of para-hydroxylation sites is 1. The normalized spacial score (nSPS) is 15.3. The van der Waals surface area contributed by atoms with Crippen LogP contribution in [0.3, 0.4) is 0 Å². The van der Waals surface area contributed by atoms with Crippen molar-refractivity contribution >= 4 is 10.9 Å². The fraction of sp³-hybridized carbons (Fsp3) is 0.389. The van der Waals surface area contributed by atoms with Crippen molar-refractivity contribution < 1.29 is 5.11 Å². The molecular formula is C18H22N4O. The molecule has 3 aromatic rings. The van der Waals surface area contributed by atoms with Crippen molar-refractivity contribution in [3.63, 3.8) is 0 Å². The Morgan fingerprint density at radius 2 is 2.13 bits per heavy atom. The third-order valence-electron chi connectivity index (χ3n) is 4.91. The molecule has 0 saturated heterocycles. The van der Waals surface area contributed by atoms with Crippen molar-refractivity contribution in [3.05, 3.63) is 52.5 Å². The minimum Gasteiger partial charge on any atom is -0.390 e. The number of fused-ring (bicyclic) bond motifs is 2. The predicted octanol–water partition coefficient (Wildman–Crippen LogP) is 2.49. The van der Waals surface area contributed by atoms with Crippen LogP contribution in [0.25, 0.3) is 10.9 Å². The number of aliphatic hydroxyl groups is 1. The molecule has 5 nitrogen and oxygen atoms in total. The zero-order chi connectivity index (χ0) is 16.0. The molecule has 120 valence electrons. The molecular weight excluding hydrogens is 288 g/mol. The molecule has 0 unspecified atom stereocenters. The van der Waals surface area contributed by atoms with E-state index in [0.717, 1.165) is 31.9 Å². The number of hydrogen-bond donors (Lipinski definition) is 2. The number of benzene rings is 1.